The fraction of sp³-hybridized carbons (Fsp3) is 0.250. The monoisotopic (exact) mass is 648 g/mol. The Morgan fingerprint density at radius 3 is 1.86 bits per heavy atom. The Labute approximate surface area is 294 Å². The highest BCUT2D eigenvalue weighted by molar-refractivity contribution is 6.12. The van der Waals surface area contributed by atoms with Crippen LogP contribution in [-0.2, 0) is 16.2 Å². The van der Waals surface area contributed by atoms with Crippen molar-refractivity contribution in [1.82, 2.24) is 9.55 Å². The first-order valence-electron chi connectivity index (χ1n) is 18.2. The summed E-state index contributed by atoms with van der Waals surface area (Å²) in [5.74, 6) is 0. The van der Waals surface area contributed by atoms with Crippen molar-refractivity contribution in [3.05, 3.63) is 138 Å². The lowest BCUT2D eigenvalue weighted by molar-refractivity contribution is 0.125. The molecule has 2 aliphatic carbocycles. The van der Waals surface area contributed by atoms with E-state index in [9.17, 15) is 0 Å². The van der Waals surface area contributed by atoms with E-state index in [4.69, 9.17) is 0 Å². The Kier molecular flexibility index (Phi) is 5.59. The fourth-order valence-corrected chi connectivity index (χ4v) is 9.88. The van der Waals surface area contributed by atoms with Gasteiger partial charge in [-0.15, -0.1) is 0 Å². The first kappa shape index (κ1) is 29.8. The Bertz CT molecular complexity index is 2760. The molecule has 0 aliphatic heterocycles. The standard InChI is InChI=1S/C48H44N2/c1-45(2)37-15-11-9-13-31(37)32-20-19-30(25-38(32)45)50-43-16-12-10-14-33(43)36-24-29(18-22-44(36)50)28-17-21-41-34(23-28)35-26-39-40(27-42(35)49-41)47(5,6)48(7,8)46(39,3)4/h9-27,49H,1-8H3. The molecule has 8 aromatic rings. The van der Waals surface area contributed by atoms with E-state index in [1.165, 1.54) is 93.8 Å². The van der Waals surface area contributed by atoms with Crippen LogP contribution in [0.4, 0.5) is 0 Å². The summed E-state index contributed by atoms with van der Waals surface area (Å²) in [6, 6.07) is 43.8. The summed E-state index contributed by atoms with van der Waals surface area (Å²) in [5, 5.41) is 5.18. The zero-order valence-corrected chi connectivity index (χ0v) is 30.4. The molecule has 0 spiro atoms. The fourth-order valence-electron chi connectivity index (χ4n) is 9.88. The largest absolute Gasteiger partial charge is 0.355 e. The van der Waals surface area contributed by atoms with Gasteiger partial charge in [0.25, 0.3) is 0 Å². The Hall–Kier alpha value is -5.08. The van der Waals surface area contributed by atoms with Crippen LogP contribution < -0.4 is 0 Å². The highest BCUT2D eigenvalue weighted by atomic mass is 15.0. The Balaban J connectivity index is 1.13. The Morgan fingerprint density at radius 1 is 0.440 bits per heavy atom. The third-order valence-corrected chi connectivity index (χ3v) is 14.0. The molecule has 246 valence electrons. The predicted octanol–water partition coefficient (Wildman–Crippen LogP) is 13.0. The second-order valence-corrected chi connectivity index (χ2v) is 17.2. The molecular weight excluding hydrogens is 605 g/mol. The highest BCUT2D eigenvalue weighted by Gasteiger charge is 2.56. The summed E-state index contributed by atoms with van der Waals surface area (Å²) >= 11 is 0. The van der Waals surface area contributed by atoms with Gasteiger partial charge in [-0.05, 0) is 115 Å². The van der Waals surface area contributed by atoms with Crippen molar-refractivity contribution in [3.8, 4) is 27.9 Å². The molecule has 2 heteroatoms. The van der Waals surface area contributed by atoms with Gasteiger partial charge in [-0.3, -0.25) is 0 Å². The van der Waals surface area contributed by atoms with Gasteiger partial charge in [0, 0.05) is 43.7 Å². The van der Waals surface area contributed by atoms with Gasteiger partial charge >= 0.3 is 0 Å². The Morgan fingerprint density at radius 2 is 1.06 bits per heavy atom. The van der Waals surface area contributed by atoms with Crippen molar-refractivity contribution in [2.24, 2.45) is 5.41 Å². The maximum absolute atomic E-state index is 3.78. The molecular formula is C48H44N2. The highest BCUT2D eigenvalue weighted by Crippen LogP contribution is 2.62. The summed E-state index contributed by atoms with van der Waals surface area (Å²) in [6.07, 6.45) is 0. The quantitative estimate of drug-likeness (QED) is 0.193. The van der Waals surface area contributed by atoms with E-state index in [1.54, 1.807) is 0 Å². The van der Waals surface area contributed by atoms with Crippen molar-refractivity contribution >= 4 is 43.6 Å². The number of fused-ring (bicyclic) bond motifs is 10. The third kappa shape index (κ3) is 3.54. The van der Waals surface area contributed by atoms with Crippen molar-refractivity contribution in [2.75, 3.05) is 0 Å². The van der Waals surface area contributed by atoms with Crippen LogP contribution in [0.5, 0.6) is 0 Å². The number of H-pyrrole nitrogens is 1. The van der Waals surface area contributed by atoms with E-state index in [0.717, 1.165) is 0 Å². The average Bonchev–Trinajstić information content (AvgIpc) is 3.74. The molecule has 0 fully saturated rings. The second-order valence-electron chi connectivity index (χ2n) is 17.2. The normalized spacial score (nSPS) is 17.8. The molecule has 50 heavy (non-hydrogen) atoms. The number of hydrogen-bond acceptors (Lipinski definition) is 0. The molecule has 6 aromatic carbocycles. The SMILES string of the molecule is CC1(C)c2ccccc2-c2ccc(-n3c4ccccc4c4cc(-c5ccc6[nH]c7cc8c(cc7c6c5)C(C)(C)C(C)(C)C8(C)C)ccc43)cc21. The molecule has 0 saturated heterocycles. The van der Waals surface area contributed by atoms with Crippen molar-refractivity contribution < 1.29 is 0 Å². The van der Waals surface area contributed by atoms with Gasteiger partial charge in [-0.1, -0.05) is 116 Å². The van der Waals surface area contributed by atoms with E-state index >= 15 is 0 Å². The molecule has 0 bridgehead atoms. The minimum absolute atomic E-state index is 0.0445. The number of aromatic nitrogens is 2. The molecule has 2 aliphatic rings. The zero-order valence-electron chi connectivity index (χ0n) is 30.4. The summed E-state index contributed by atoms with van der Waals surface area (Å²) in [4.78, 5) is 3.78. The molecule has 0 saturated carbocycles. The van der Waals surface area contributed by atoms with Crippen LogP contribution in [-0.4, -0.2) is 9.55 Å². The smallest absolute Gasteiger partial charge is 0.0541 e. The van der Waals surface area contributed by atoms with Crippen LogP contribution >= 0.6 is 0 Å². The lowest BCUT2D eigenvalue weighted by Gasteiger charge is -2.44. The topological polar surface area (TPSA) is 20.7 Å². The molecule has 0 radical (unpaired) electrons. The van der Waals surface area contributed by atoms with Gasteiger partial charge in [0.05, 0.1) is 11.0 Å². The van der Waals surface area contributed by atoms with Gasteiger partial charge in [0.15, 0.2) is 0 Å². The maximum atomic E-state index is 3.78. The van der Waals surface area contributed by atoms with Crippen LogP contribution in [0, 0.1) is 5.41 Å². The molecule has 0 atom stereocenters. The summed E-state index contributed by atoms with van der Waals surface area (Å²) in [6.45, 7) is 19.3. The van der Waals surface area contributed by atoms with Gasteiger partial charge in [-0.25, -0.2) is 0 Å². The molecule has 10 rings (SSSR count). The van der Waals surface area contributed by atoms with E-state index in [-0.39, 0.29) is 21.7 Å². The van der Waals surface area contributed by atoms with Gasteiger partial charge in [0.1, 0.15) is 0 Å². The van der Waals surface area contributed by atoms with Gasteiger partial charge in [0.2, 0.25) is 0 Å². The summed E-state index contributed by atoms with van der Waals surface area (Å²) in [5.41, 5.74) is 17.3. The molecule has 2 aromatic heterocycles. The van der Waals surface area contributed by atoms with Crippen molar-refractivity contribution in [3.63, 3.8) is 0 Å². The average molecular weight is 649 g/mol. The number of hydrogen-bond donors (Lipinski definition) is 1. The van der Waals surface area contributed by atoms with Crippen LogP contribution in [0.2, 0.25) is 0 Å². The molecule has 1 N–H and O–H groups in total. The van der Waals surface area contributed by atoms with E-state index < -0.39 is 0 Å². The van der Waals surface area contributed by atoms with Crippen LogP contribution in [0.1, 0.15) is 77.6 Å². The first-order valence-corrected chi connectivity index (χ1v) is 18.2. The molecule has 0 unspecified atom stereocenters. The number of nitrogens with one attached hydrogen (secondary N) is 1. The zero-order chi connectivity index (χ0) is 34.5. The maximum Gasteiger partial charge on any atom is 0.0541 e. The van der Waals surface area contributed by atoms with E-state index in [2.05, 4.69) is 180 Å². The molecule has 2 nitrogen and oxygen atoms in total. The van der Waals surface area contributed by atoms with Crippen LogP contribution in [0.25, 0.3) is 71.6 Å². The third-order valence-electron chi connectivity index (χ3n) is 14.0. The van der Waals surface area contributed by atoms with Crippen molar-refractivity contribution in [2.45, 2.75) is 71.6 Å². The van der Waals surface area contributed by atoms with Crippen molar-refractivity contribution in [1.29, 1.82) is 0 Å². The number of aromatic amines is 1. The van der Waals surface area contributed by atoms with E-state index in [0.29, 0.717) is 0 Å². The minimum atomic E-state index is -0.0445. The number of para-hydroxylation sites is 1. The van der Waals surface area contributed by atoms with Crippen LogP contribution in [0.15, 0.2) is 115 Å². The number of nitrogens with zero attached hydrogens (tertiary/aromatic N) is 1. The number of benzene rings is 6. The van der Waals surface area contributed by atoms with Gasteiger partial charge in [-0.2, -0.15) is 0 Å². The molecule has 0 amide bonds. The second kappa shape index (κ2) is 9.37. The summed E-state index contributed by atoms with van der Waals surface area (Å²) in [7, 11) is 0. The first-order chi connectivity index (χ1) is 23.8. The lowest BCUT2D eigenvalue weighted by Crippen LogP contribution is -2.42. The number of rotatable bonds is 2. The minimum Gasteiger partial charge on any atom is -0.355 e. The van der Waals surface area contributed by atoms with E-state index in [1.807, 2.05) is 0 Å². The van der Waals surface area contributed by atoms with Gasteiger partial charge < -0.3 is 9.55 Å². The molecule has 2 heterocycles. The predicted molar refractivity (Wildman–Crippen MR) is 213 cm³/mol. The lowest BCUT2D eigenvalue weighted by atomic mass is 9.59. The van der Waals surface area contributed by atoms with Crippen LogP contribution in [0.3, 0.4) is 0 Å². The summed E-state index contributed by atoms with van der Waals surface area (Å²) < 4.78 is 2.46.